The van der Waals surface area contributed by atoms with E-state index in [0.717, 1.165) is 29.1 Å². The average molecular weight is 230 g/mol. The Morgan fingerprint density at radius 2 is 1.88 bits per heavy atom. The highest BCUT2D eigenvalue weighted by Crippen LogP contribution is 2.19. The van der Waals surface area contributed by atoms with Crippen LogP contribution in [0.2, 0.25) is 0 Å². The van der Waals surface area contributed by atoms with Crippen LogP contribution in [-0.4, -0.2) is 14.9 Å². The van der Waals surface area contributed by atoms with E-state index in [9.17, 15) is 5.11 Å². The van der Waals surface area contributed by atoms with Crippen molar-refractivity contribution in [2.75, 3.05) is 0 Å². The minimum absolute atomic E-state index is 0.371. The van der Waals surface area contributed by atoms with Gasteiger partial charge in [-0.3, -0.25) is 0 Å². The third-order valence-corrected chi connectivity index (χ3v) is 2.92. The molecule has 0 bridgehead atoms. The van der Waals surface area contributed by atoms with Crippen molar-refractivity contribution < 1.29 is 5.11 Å². The lowest BCUT2D eigenvalue weighted by Crippen LogP contribution is -2.00. The topological polar surface area (TPSA) is 38.0 Å². The Balaban J connectivity index is 2.32. The predicted octanol–water partition coefficient (Wildman–Crippen LogP) is 2.93. The Hall–Kier alpha value is -1.61. The zero-order valence-electron chi connectivity index (χ0n) is 10.5. The fraction of sp³-hybridized carbons (Fsp3) is 0.357. The van der Waals surface area contributed by atoms with Crippen molar-refractivity contribution >= 4 is 0 Å². The van der Waals surface area contributed by atoms with Gasteiger partial charge in [0.15, 0.2) is 0 Å². The second-order valence-corrected chi connectivity index (χ2v) is 4.35. The quantitative estimate of drug-likeness (QED) is 0.880. The molecule has 17 heavy (non-hydrogen) atoms. The van der Waals surface area contributed by atoms with Crippen LogP contribution in [0.4, 0.5) is 0 Å². The van der Waals surface area contributed by atoms with Gasteiger partial charge < -0.3 is 5.11 Å². The molecular formula is C14H18N2O. The first-order chi connectivity index (χ1) is 8.11. The van der Waals surface area contributed by atoms with Crippen LogP contribution in [0.3, 0.4) is 0 Å². The molecule has 0 saturated heterocycles. The van der Waals surface area contributed by atoms with E-state index in [1.165, 1.54) is 0 Å². The fourth-order valence-corrected chi connectivity index (χ4v) is 1.96. The molecule has 0 aliphatic rings. The Kier molecular flexibility index (Phi) is 3.29. The number of nitrogens with zero attached hydrogens (tertiary/aromatic N) is 2. The molecule has 0 radical (unpaired) electrons. The minimum Gasteiger partial charge on any atom is -0.388 e. The summed E-state index contributed by atoms with van der Waals surface area (Å²) in [5.41, 5.74) is 4.12. The standard InChI is InChI=1S/C14H18N2O/c1-4-14(17)12-5-7-13(8-6-12)16-11(3)9-10(2)15-16/h5-9,14,17H,4H2,1-3H3. The van der Waals surface area contributed by atoms with E-state index in [1.54, 1.807) is 0 Å². The van der Waals surface area contributed by atoms with E-state index in [0.29, 0.717) is 0 Å². The molecule has 2 rings (SSSR count). The maximum absolute atomic E-state index is 9.73. The zero-order chi connectivity index (χ0) is 12.4. The predicted molar refractivity (Wildman–Crippen MR) is 68.3 cm³/mol. The molecule has 1 aromatic carbocycles. The van der Waals surface area contributed by atoms with Gasteiger partial charge in [0.2, 0.25) is 0 Å². The molecule has 1 heterocycles. The number of aliphatic hydroxyl groups excluding tert-OH is 1. The van der Waals surface area contributed by atoms with Gasteiger partial charge in [-0.1, -0.05) is 19.1 Å². The lowest BCUT2D eigenvalue weighted by Gasteiger charge is -2.09. The molecule has 1 N–H and O–H groups in total. The molecule has 2 aromatic rings. The zero-order valence-corrected chi connectivity index (χ0v) is 10.5. The molecule has 1 atom stereocenters. The van der Waals surface area contributed by atoms with Gasteiger partial charge >= 0.3 is 0 Å². The lowest BCUT2D eigenvalue weighted by molar-refractivity contribution is 0.173. The van der Waals surface area contributed by atoms with Crippen molar-refractivity contribution in [3.8, 4) is 5.69 Å². The number of aliphatic hydroxyl groups is 1. The van der Waals surface area contributed by atoms with Crippen LogP contribution in [-0.2, 0) is 0 Å². The highest BCUT2D eigenvalue weighted by molar-refractivity contribution is 5.36. The van der Waals surface area contributed by atoms with Gasteiger partial charge in [0.1, 0.15) is 0 Å². The van der Waals surface area contributed by atoms with Crippen molar-refractivity contribution in [2.24, 2.45) is 0 Å². The van der Waals surface area contributed by atoms with E-state index >= 15 is 0 Å². The maximum Gasteiger partial charge on any atom is 0.0787 e. The van der Waals surface area contributed by atoms with Crippen LogP contribution in [0.25, 0.3) is 5.69 Å². The number of aromatic nitrogens is 2. The number of hydrogen-bond acceptors (Lipinski definition) is 2. The van der Waals surface area contributed by atoms with E-state index in [4.69, 9.17) is 0 Å². The highest BCUT2D eigenvalue weighted by atomic mass is 16.3. The molecule has 90 valence electrons. The van der Waals surface area contributed by atoms with Crippen molar-refractivity contribution in [2.45, 2.75) is 33.3 Å². The van der Waals surface area contributed by atoms with Crippen LogP contribution < -0.4 is 0 Å². The monoisotopic (exact) mass is 230 g/mol. The Morgan fingerprint density at radius 1 is 1.24 bits per heavy atom. The van der Waals surface area contributed by atoms with Gasteiger partial charge in [0.05, 0.1) is 17.5 Å². The number of benzene rings is 1. The molecule has 3 heteroatoms. The van der Waals surface area contributed by atoms with Crippen LogP contribution >= 0.6 is 0 Å². The maximum atomic E-state index is 9.73. The van der Waals surface area contributed by atoms with Crippen LogP contribution in [0.1, 0.15) is 36.4 Å². The molecule has 0 spiro atoms. The van der Waals surface area contributed by atoms with E-state index < -0.39 is 0 Å². The van der Waals surface area contributed by atoms with Crippen molar-refractivity contribution in [3.05, 3.63) is 47.3 Å². The summed E-state index contributed by atoms with van der Waals surface area (Å²) < 4.78 is 1.91. The summed E-state index contributed by atoms with van der Waals surface area (Å²) in [6, 6.07) is 9.95. The largest absolute Gasteiger partial charge is 0.388 e. The van der Waals surface area contributed by atoms with Gasteiger partial charge in [-0.05, 0) is 44.0 Å². The molecule has 0 saturated carbocycles. The van der Waals surface area contributed by atoms with Gasteiger partial charge in [-0.25, -0.2) is 4.68 Å². The van der Waals surface area contributed by atoms with E-state index in [1.807, 2.05) is 49.7 Å². The third kappa shape index (κ3) is 2.39. The first kappa shape index (κ1) is 11.9. The fourth-order valence-electron chi connectivity index (χ4n) is 1.96. The first-order valence-corrected chi connectivity index (χ1v) is 5.93. The molecule has 0 amide bonds. The molecular weight excluding hydrogens is 212 g/mol. The average Bonchev–Trinajstić information content (AvgIpc) is 2.68. The first-order valence-electron chi connectivity index (χ1n) is 5.93. The van der Waals surface area contributed by atoms with Crippen LogP contribution in [0.5, 0.6) is 0 Å². The summed E-state index contributed by atoms with van der Waals surface area (Å²) in [5.74, 6) is 0. The molecule has 1 aromatic heterocycles. The second-order valence-electron chi connectivity index (χ2n) is 4.35. The van der Waals surface area contributed by atoms with E-state index in [-0.39, 0.29) is 6.10 Å². The Bertz CT molecular complexity index is 499. The summed E-state index contributed by atoms with van der Waals surface area (Å²) in [7, 11) is 0. The number of hydrogen-bond donors (Lipinski definition) is 1. The Labute approximate surface area is 102 Å². The highest BCUT2D eigenvalue weighted by Gasteiger charge is 2.06. The van der Waals surface area contributed by atoms with Gasteiger partial charge in [0, 0.05) is 5.69 Å². The number of aryl methyl sites for hydroxylation is 2. The summed E-state index contributed by atoms with van der Waals surface area (Å²) in [6.07, 6.45) is 0.365. The number of rotatable bonds is 3. The minimum atomic E-state index is -0.371. The third-order valence-electron chi connectivity index (χ3n) is 2.92. The molecule has 0 aliphatic carbocycles. The summed E-state index contributed by atoms with van der Waals surface area (Å²) in [5, 5.41) is 14.2. The smallest absolute Gasteiger partial charge is 0.0787 e. The molecule has 1 unspecified atom stereocenters. The molecule has 0 aliphatic heterocycles. The van der Waals surface area contributed by atoms with E-state index in [2.05, 4.69) is 11.2 Å². The van der Waals surface area contributed by atoms with Gasteiger partial charge in [-0.2, -0.15) is 5.10 Å². The SMILES string of the molecule is CCC(O)c1ccc(-n2nc(C)cc2C)cc1. The van der Waals surface area contributed by atoms with Crippen molar-refractivity contribution in [1.82, 2.24) is 9.78 Å². The van der Waals surface area contributed by atoms with Crippen molar-refractivity contribution in [3.63, 3.8) is 0 Å². The summed E-state index contributed by atoms with van der Waals surface area (Å²) in [4.78, 5) is 0. The van der Waals surface area contributed by atoms with Crippen LogP contribution in [0, 0.1) is 13.8 Å². The molecule has 3 nitrogen and oxygen atoms in total. The summed E-state index contributed by atoms with van der Waals surface area (Å²) in [6.45, 7) is 5.99. The second kappa shape index (κ2) is 4.72. The van der Waals surface area contributed by atoms with Crippen molar-refractivity contribution in [1.29, 1.82) is 0 Å². The van der Waals surface area contributed by atoms with Gasteiger partial charge in [-0.15, -0.1) is 0 Å². The Morgan fingerprint density at radius 3 is 2.35 bits per heavy atom. The van der Waals surface area contributed by atoms with Crippen LogP contribution in [0.15, 0.2) is 30.3 Å². The van der Waals surface area contributed by atoms with Gasteiger partial charge in [0.25, 0.3) is 0 Å². The summed E-state index contributed by atoms with van der Waals surface area (Å²) >= 11 is 0. The molecule has 0 fully saturated rings. The normalized spacial score (nSPS) is 12.7. The lowest BCUT2D eigenvalue weighted by atomic mass is 10.1.